The van der Waals surface area contributed by atoms with Crippen molar-refractivity contribution in [3.8, 4) is 6.01 Å². The van der Waals surface area contributed by atoms with Gasteiger partial charge in [0, 0.05) is 24.8 Å². The van der Waals surface area contributed by atoms with Crippen LogP contribution in [0.25, 0.3) is 0 Å². The standard InChI is InChI=1S/C12H19N3O3/c1-9-6-11(16)15(12(13-9)17-3)8-10-7-14(2)4-5-18-10/h6,10H,4-5,7-8H2,1-3H3. The second-order valence-electron chi connectivity index (χ2n) is 4.59. The Kier molecular flexibility index (Phi) is 3.98. The van der Waals surface area contributed by atoms with Gasteiger partial charge < -0.3 is 14.4 Å². The lowest BCUT2D eigenvalue weighted by Gasteiger charge is -2.30. The van der Waals surface area contributed by atoms with Crippen LogP contribution in [0.5, 0.6) is 6.01 Å². The van der Waals surface area contributed by atoms with E-state index < -0.39 is 0 Å². The highest BCUT2D eigenvalue weighted by atomic mass is 16.5. The van der Waals surface area contributed by atoms with E-state index in [1.165, 1.54) is 17.7 Å². The molecule has 1 aliphatic rings. The van der Waals surface area contributed by atoms with E-state index in [1.54, 1.807) is 6.92 Å². The van der Waals surface area contributed by atoms with E-state index in [2.05, 4.69) is 9.88 Å². The summed E-state index contributed by atoms with van der Waals surface area (Å²) in [7, 11) is 3.56. The fourth-order valence-electron chi connectivity index (χ4n) is 2.10. The second kappa shape index (κ2) is 5.49. The summed E-state index contributed by atoms with van der Waals surface area (Å²) in [5.74, 6) is 0. The van der Waals surface area contributed by atoms with Crippen LogP contribution < -0.4 is 10.3 Å². The molecule has 1 aromatic rings. The SMILES string of the molecule is COc1nc(C)cc(=O)n1CC1CN(C)CCO1. The van der Waals surface area contributed by atoms with Crippen molar-refractivity contribution in [1.29, 1.82) is 0 Å². The molecule has 1 fully saturated rings. The Morgan fingerprint density at radius 1 is 1.61 bits per heavy atom. The van der Waals surface area contributed by atoms with Gasteiger partial charge in [0.05, 0.1) is 26.4 Å². The summed E-state index contributed by atoms with van der Waals surface area (Å²) in [6.45, 7) is 4.68. The van der Waals surface area contributed by atoms with Crippen LogP contribution in [0.4, 0.5) is 0 Å². The maximum Gasteiger partial charge on any atom is 0.299 e. The molecule has 1 unspecified atom stereocenters. The van der Waals surface area contributed by atoms with E-state index in [0.29, 0.717) is 24.9 Å². The molecule has 1 aliphatic heterocycles. The Morgan fingerprint density at radius 3 is 3.06 bits per heavy atom. The van der Waals surface area contributed by atoms with E-state index in [0.717, 1.165) is 13.1 Å². The minimum Gasteiger partial charge on any atom is -0.468 e. The lowest BCUT2D eigenvalue weighted by atomic mass is 10.3. The molecule has 0 saturated carbocycles. The van der Waals surface area contributed by atoms with Crippen molar-refractivity contribution in [3.63, 3.8) is 0 Å². The van der Waals surface area contributed by atoms with Crippen molar-refractivity contribution in [1.82, 2.24) is 14.5 Å². The largest absolute Gasteiger partial charge is 0.468 e. The molecule has 2 rings (SSSR count). The van der Waals surface area contributed by atoms with Gasteiger partial charge in [0.2, 0.25) is 0 Å². The van der Waals surface area contributed by atoms with Gasteiger partial charge in [0.1, 0.15) is 0 Å². The normalized spacial score (nSPS) is 20.9. The number of morpholine rings is 1. The van der Waals surface area contributed by atoms with Crippen LogP contribution >= 0.6 is 0 Å². The first-order valence-electron chi connectivity index (χ1n) is 6.03. The minimum atomic E-state index is -0.101. The molecule has 1 atom stereocenters. The first-order chi connectivity index (χ1) is 8.60. The molecular weight excluding hydrogens is 234 g/mol. The maximum absolute atomic E-state index is 11.9. The third-order valence-corrected chi connectivity index (χ3v) is 3.01. The monoisotopic (exact) mass is 253 g/mol. The van der Waals surface area contributed by atoms with Gasteiger partial charge in [-0.3, -0.25) is 9.36 Å². The number of ether oxygens (including phenoxy) is 2. The lowest BCUT2D eigenvalue weighted by Crippen LogP contribution is -2.43. The molecule has 6 nitrogen and oxygen atoms in total. The number of aromatic nitrogens is 2. The molecule has 0 aromatic carbocycles. The van der Waals surface area contributed by atoms with E-state index >= 15 is 0 Å². The van der Waals surface area contributed by atoms with Crippen LogP contribution in [0, 0.1) is 6.92 Å². The van der Waals surface area contributed by atoms with E-state index in [4.69, 9.17) is 9.47 Å². The van der Waals surface area contributed by atoms with Crippen LogP contribution in [0.2, 0.25) is 0 Å². The fraction of sp³-hybridized carbons (Fsp3) is 0.667. The van der Waals surface area contributed by atoms with Crippen molar-refractivity contribution in [2.24, 2.45) is 0 Å². The average Bonchev–Trinajstić information content (AvgIpc) is 2.32. The summed E-state index contributed by atoms with van der Waals surface area (Å²) >= 11 is 0. The average molecular weight is 253 g/mol. The summed E-state index contributed by atoms with van der Waals surface area (Å²) in [6.07, 6.45) is -0.000133. The summed E-state index contributed by atoms with van der Waals surface area (Å²) in [5.41, 5.74) is 0.561. The van der Waals surface area contributed by atoms with Crippen LogP contribution in [-0.4, -0.2) is 54.4 Å². The van der Waals surface area contributed by atoms with Crippen molar-refractivity contribution < 1.29 is 9.47 Å². The molecule has 0 N–H and O–H groups in total. The Morgan fingerprint density at radius 2 is 2.39 bits per heavy atom. The Balaban J connectivity index is 2.20. The zero-order valence-corrected chi connectivity index (χ0v) is 11.0. The highest BCUT2D eigenvalue weighted by Gasteiger charge is 2.20. The molecule has 0 aliphatic carbocycles. The molecule has 1 aromatic heterocycles. The molecule has 0 spiro atoms. The highest BCUT2D eigenvalue weighted by molar-refractivity contribution is 5.07. The topological polar surface area (TPSA) is 56.6 Å². The summed E-state index contributed by atoms with van der Waals surface area (Å²) in [6, 6.07) is 1.85. The molecule has 2 heterocycles. The van der Waals surface area contributed by atoms with Crippen molar-refractivity contribution in [3.05, 3.63) is 22.1 Å². The number of aryl methyl sites for hydroxylation is 1. The van der Waals surface area contributed by atoms with Gasteiger partial charge in [0.15, 0.2) is 0 Å². The molecule has 18 heavy (non-hydrogen) atoms. The third-order valence-electron chi connectivity index (χ3n) is 3.01. The zero-order valence-electron chi connectivity index (χ0n) is 11.0. The van der Waals surface area contributed by atoms with Gasteiger partial charge in [-0.05, 0) is 14.0 Å². The Bertz CT molecular complexity index is 472. The second-order valence-corrected chi connectivity index (χ2v) is 4.59. The molecule has 1 saturated heterocycles. The maximum atomic E-state index is 11.9. The van der Waals surface area contributed by atoms with Gasteiger partial charge >= 0.3 is 0 Å². The Hall–Kier alpha value is -1.40. The molecular formula is C12H19N3O3. The quantitative estimate of drug-likeness (QED) is 0.752. The van der Waals surface area contributed by atoms with E-state index in [9.17, 15) is 4.79 Å². The number of hydrogen-bond donors (Lipinski definition) is 0. The molecule has 0 bridgehead atoms. The molecule has 0 radical (unpaired) electrons. The predicted octanol–water partition coefficient (Wildman–Crippen LogP) is -0.109. The number of methoxy groups -OCH3 is 1. The summed E-state index contributed by atoms with van der Waals surface area (Å²) < 4.78 is 12.3. The highest BCUT2D eigenvalue weighted by Crippen LogP contribution is 2.10. The van der Waals surface area contributed by atoms with Crippen LogP contribution in [-0.2, 0) is 11.3 Å². The number of rotatable bonds is 3. The third kappa shape index (κ3) is 2.88. The first kappa shape index (κ1) is 13.0. The number of nitrogens with zero attached hydrogens (tertiary/aromatic N) is 3. The first-order valence-corrected chi connectivity index (χ1v) is 6.03. The van der Waals surface area contributed by atoms with Crippen LogP contribution in [0.15, 0.2) is 10.9 Å². The smallest absolute Gasteiger partial charge is 0.299 e. The molecule has 6 heteroatoms. The Labute approximate surface area is 106 Å². The number of likely N-dealkylation sites (N-methyl/N-ethyl adjacent to an activating group) is 1. The van der Waals surface area contributed by atoms with Gasteiger partial charge in [-0.2, -0.15) is 0 Å². The molecule has 100 valence electrons. The van der Waals surface area contributed by atoms with E-state index in [1.807, 2.05) is 7.05 Å². The fourth-order valence-corrected chi connectivity index (χ4v) is 2.10. The summed E-state index contributed by atoms with van der Waals surface area (Å²) in [4.78, 5) is 18.3. The van der Waals surface area contributed by atoms with Gasteiger partial charge in [-0.25, -0.2) is 4.98 Å². The van der Waals surface area contributed by atoms with Crippen molar-refractivity contribution in [2.45, 2.75) is 19.6 Å². The van der Waals surface area contributed by atoms with Crippen LogP contribution in [0.1, 0.15) is 5.69 Å². The van der Waals surface area contributed by atoms with Gasteiger partial charge in [-0.1, -0.05) is 0 Å². The van der Waals surface area contributed by atoms with Crippen molar-refractivity contribution >= 4 is 0 Å². The van der Waals surface area contributed by atoms with Crippen molar-refractivity contribution in [2.75, 3.05) is 33.9 Å². The van der Waals surface area contributed by atoms with E-state index in [-0.39, 0.29) is 11.7 Å². The predicted molar refractivity (Wildman–Crippen MR) is 67.0 cm³/mol. The van der Waals surface area contributed by atoms with Gasteiger partial charge in [-0.15, -0.1) is 0 Å². The van der Waals surface area contributed by atoms with Crippen LogP contribution in [0.3, 0.4) is 0 Å². The van der Waals surface area contributed by atoms with Gasteiger partial charge in [0.25, 0.3) is 11.6 Å². The number of hydrogen-bond acceptors (Lipinski definition) is 5. The zero-order chi connectivity index (χ0) is 13.1. The lowest BCUT2D eigenvalue weighted by molar-refractivity contribution is -0.0289. The minimum absolute atomic E-state index is 0.000133. The summed E-state index contributed by atoms with van der Waals surface area (Å²) in [5, 5.41) is 0. The molecule has 0 amide bonds.